The van der Waals surface area contributed by atoms with Gasteiger partial charge in [0.2, 0.25) is 0 Å². The number of rotatable bonds is 6. The van der Waals surface area contributed by atoms with Crippen molar-refractivity contribution in [3.05, 3.63) is 39.2 Å². The smallest absolute Gasteiger partial charge is 0.271 e. The molecule has 1 unspecified atom stereocenters. The molecule has 9 heteroatoms. The van der Waals surface area contributed by atoms with E-state index in [9.17, 15) is 10.1 Å². The summed E-state index contributed by atoms with van der Waals surface area (Å²) in [5, 5.41) is 14.8. The summed E-state index contributed by atoms with van der Waals surface area (Å²) < 4.78 is 10.2. The Balaban J connectivity index is 2.27. The van der Waals surface area contributed by atoms with Crippen molar-refractivity contribution in [3.8, 4) is 11.5 Å². The fourth-order valence-electron chi connectivity index (χ4n) is 1.63. The van der Waals surface area contributed by atoms with Crippen LogP contribution in [0.1, 0.15) is 18.8 Å². The van der Waals surface area contributed by atoms with Gasteiger partial charge in [-0.1, -0.05) is 16.8 Å². The first-order chi connectivity index (χ1) is 10.0. The highest BCUT2D eigenvalue weighted by atomic mass is 35.5. The normalized spacial score (nSPS) is 12.3. The van der Waals surface area contributed by atoms with E-state index in [1.165, 1.54) is 18.2 Å². The van der Waals surface area contributed by atoms with Gasteiger partial charge >= 0.3 is 0 Å². The maximum atomic E-state index is 10.8. The number of nitrogens with zero attached hydrogens (tertiary/aromatic N) is 3. The van der Waals surface area contributed by atoms with Crippen LogP contribution in [-0.2, 0) is 4.74 Å². The molecule has 112 valence electrons. The summed E-state index contributed by atoms with van der Waals surface area (Å²) in [7, 11) is 0. The molecule has 0 aliphatic carbocycles. The van der Waals surface area contributed by atoms with Crippen molar-refractivity contribution in [2.75, 3.05) is 13.2 Å². The highest BCUT2D eigenvalue weighted by Gasteiger charge is 2.18. The lowest BCUT2D eigenvalue weighted by Crippen LogP contribution is -2.18. The van der Waals surface area contributed by atoms with Crippen molar-refractivity contribution in [1.82, 2.24) is 10.1 Å². The van der Waals surface area contributed by atoms with Gasteiger partial charge in [0.15, 0.2) is 5.82 Å². The van der Waals surface area contributed by atoms with E-state index in [0.29, 0.717) is 12.2 Å². The van der Waals surface area contributed by atoms with Gasteiger partial charge in [-0.3, -0.25) is 10.1 Å². The number of nitro groups is 1. The Morgan fingerprint density at radius 3 is 2.95 bits per heavy atom. The SMILES string of the molecule is CCOCC(N)c1noc(-c2cc(Cl)cc([N+](=O)[O-])c2)n1. The summed E-state index contributed by atoms with van der Waals surface area (Å²) >= 11 is 5.84. The van der Waals surface area contributed by atoms with E-state index in [-0.39, 0.29) is 29.0 Å². The summed E-state index contributed by atoms with van der Waals surface area (Å²) in [4.78, 5) is 14.4. The average molecular weight is 313 g/mol. The molecule has 0 saturated heterocycles. The number of ether oxygens (including phenoxy) is 1. The third-order valence-corrected chi connectivity index (χ3v) is 2.83. The molecule has 1 atom stereocenters. The van der Waals surface area contributed by atoms with Gasteiger partial charge in [0.05, 0.1) is 17.6 Å². The van der Waals surface area contributed by atoms with Crippen molar-refractivity contribution in [2.24, 2.45) is 5.73 Å². The highest BCUT2D eigenvalue weighted by Crippen LogP contribution is 2.27. The summed E-state index contributed by atoms with van der Waals surface area (Å²) in [6.07, 6.45) is 0. The topological polar surface area (TPSA) is 117 Å². The molecular weight excluding hydrogens is 300 g/mol. The maximum absolute atomic E-state index is 10.8. The number of hydrogen-bond donors (Lipinski definition) is 1. The van der Waals surface area contributed by atoms with Crippen molar-refractivity contribution in [2.45, 2.75) is 13.0 Å². The van der Waals surface area contributed by atoms with Crippen LogP contribution in [0.25, 0.3) is 11.5 Å². The molecule has 1 heterocycles. The van der Waals surface area contributed by atoms with Crippen LogP contribution in [0.3, 0.4) is 0 Å². The van der Waals surface area contributed by atoms with Crippen LogP contribution >= 0.6 is 11.6 Å². The molecule has 0 radical (unpaired) electrons. The van der Waals surface area contributed by atoms with E-state index in [1.54, 1.807) is 0 Å². The number of nitrogens with two attached hydrogens (primary N) is 1. The second kappa shape index (κ2) is 6.61. The van der Waals surface area contributed by atoms with Crippen LogP contribution in [-0.4, -0.2) is 28.3 Å². The quantitative estimate of drug-likeness (QED) is 0.642. The lowest BCUT2D eigenvalue weighted by atomic mass is 10.2. The molecule has 1 aromatic heterocycles. The Morgan fingerprint density at radius 1 is 1.52 bits per heavy atom. The zero-order chi connectivity index (χ0) is 15.4. The van der Waals surface area contributed by atoms with Crippen LogP contribution < -0.4 is 5.73 Å². The summed E-state index contributed by atoms with van der Waals surface area (Å²) in [5.41, 5.74) is 6.04. The van der Waals surface area contributed by atoms with Gasteiger partial charge in [-0.15, -0.1) is 0 Å². The second-order valence-corrected chi connectivity index (χ2v) is 4.62. The van der Waals surface area contributed by atoms with Crippen LogP contribution in [0, 0.1) is 10.1 Å². The van der Waals surface area contributed by atoms with Crippen LogP contribution in [0.5, 0.6) is 0 Å². The Bertz CT molecular complexity index is 646. The average Bonchev–Trinajstić information content (AvgIpc) is 2.94. The van der Waals surface area contributed by atoms with E-state index in [2.05, 4.69) is 10.1 Å². The van der Waals surface area contributed by atoms with Crippen LogP contribution in [0.2, 0.25) is 5.02 Å². The second-order valence-electron chi connectivity index (χ2n) is 4.18. The fourth-order valence-corrected chi connectivity index (χ4v) is 1.85. The minimum Gasteiger partial charge on any atom is -0.380 e. The zero-order valence-corrected chi connectivity index (χ0v) is 11.9. The molecule has 0 fully saturated rings. The zero-order valence-electron chi connectivity index (χ0n) is 11.2. The van der Waals surface area contributed by atoms with Crippen molar-refractivity contribution < 1.29 is 14.2 Å². The highest BCUT2D eigenvalue weighted by molar-refractivity contribution is 6.31. The van der Waals surface area contributed by atoms with Gasteiger partial charge in [-0.05, 0) is 13.0 Å². The van der Waals surface area contributed by atoms with Crippen molar-refractivity contribution in [1.29, 1.82) is 0 Å². The van der Waals surface area contributed by atoms with Crippen LogP contribution in [0.4, 0.5) is 5.69 Å². The van der Waals surface area contributed by atoms with Gasteiger partial charge < -0.3 is 15.0 Å². The number of non-ortho nitro benzene ring substituents is 1. The largest absolute Gasteiger partial charge is 0.380 e. The molecule has 0 aliphatic rings. The molecule has 0 saturated carbocycles. The minimum atomic E-state index is -0.548. The molecule has 8 nitrogen and oxygen atoms in total. The number of benzene rings is 1. The third kappa shape index (κ3) is 3.75. The monoisotopic (exact) mass is 312 g/mol. The molecule has 1 aromatic carbocycles. The predicted molar refractivity (Wildman–Crippen MR) is 74.8 cm³/mol. The molecule has 2 N–H and O–H groups in total. The van der Waals surface area contributed by atoms with Gasteiger partial charge in [0.25, 0.3) is 11.6 Å². The molecule has 0 amide bonds. The molecule has 0 bridgehead atoms. The summed E-state index contributed by atoms with van der Waals surface area (Å²) in [5.74, 6) is 0.378. The Labute approximate surface area is 125 Å². The Morgan fingerprint density at radius 2 is 2.29 bits per heavy atom. The number of hydrogen-bond acceptors (Lipinski definition) is 7. The lowest BCUT2D eigenvalue weighted by molar-refractivity contribution is -0.384. The predicted octanol–water partition coefficient (Wildman–Crippen LogP) is 2.33. The first-order valence-corrected chi connectivity index (χ1v) is 6.51. The first kappa shape index (κ1) is 15.4. The van der Waals surface area contributed by atoms with E-state index in [0.717, 1.165) is 0 Å². The van der Waals surface area contributed by atoms with E-state index < -0.39 is 11.0 Å². The van der Waals surface area contributed by atoms with E-state index in [1.807, 2.05) is 6.92 Å². The fraction of sp³-hybridized carbons (Fsp3) is 0.333. The number of nitro benzene ring substituents is 1. The maximum Gasteiger partial charge on any atom is 0.271 e. The molecule has 0 aliphatic heterocycles. The van der Waals surface area contributed by atoms with Crippen molar-refractivity contribution >= 4 is 17.3 Å². The standard InChI is InChI=1S/C12H13ClN4O4/c1-2-20-6-10(14)11-15-12(21-16-11)7-3-8(13)5-9(4-7)17(18)19/h3-5,10H,2,6,14H2,1H3. The van der Waals surface area contributed by atoms with Gasteiger partial charge in [0.1, 0.15) is 0 Å². The van der Waals surface area contributed by atoms with Gasteiger partial charge in [-0.25, -0.2) is 0 Å². The summed E-state index contributed by atoms with van der Waals surface area (Å²) in [6, 6.07) is 3.51. The lowest BCUT2D eigenvalue weighted by Gasteiger charge is -2.05. The molecular formula is C12H13ClN4O4. The number of halogens is 1. The first-order valence-electron chi connectivity index (χ1n) is 6.13. The van der Waals surface area contributed by atoms with Gasteiger partial charge in [-0.2, -0.15) is 4.98 Å². The van der Waals surface area contributed by atoms with Crippen molar-refractivity contribution in [3.63, 3.8) is 0 Å². The molecule has 2 rings (SSSR count). The molecule has 21 heavy (non-hydrogen) atoms. The Kier molecular flexibility index (Phi) is 4.84. The molecule has 0 spiro atoms. The third-order valence-electron chi connectivity index (χ3n) is 2.62. The van der Waals surface area contributed by atoms with E-state index >= 15 is 0 Å². The summed E-state index contributed by atoms with van der Waals surface area (Å²) in [6.45, 7) is 2.63. The van der Waals surface area contributed by atoms with Crippen LogP contribution in [0.15, 0.2) is 22.7 Å². The Hall–Kier alpha value is -2.03. The van der Waals surface area contributed by atoms with E-state index in [4.69, 9.17) is 26.6 Å². The number of aromatic nitrogens is 2. The van der Waals surface area contributed by atoms with Gasteiger partial charge in [0, 0.05) is 29.3 Å². The molecule has 2 aromatic rings. The minimum absolute atomic E-state index is 0.113.